The van der Waals surface area contributed by atoms with Gasteiger partial charge in [0, 0.05) is 28.2 Å². The summed E-state index contributed by atoms with van der Waals surface area (Å²) < 4.78 is 34.5. The minimum atomic E-state index is -4.21. The summed E-state index contributed by atoms with van der Waals surface area (Å²) in [4.78, 5) is 28.6. The molecule has 226 valence electrons. The van der Waals surface area contributed by atoms with Gasteiger partial charge >= 0.3 is 0 Å². The third-order valence-corrected chi connectivity index (χ3v) is 9.38. The zero-order valence-corrected chi connectivity index (χ0v) is 26.8. The number of benzene rings is 3. The lowest BCUT2D eigenvalue weighted by Crippen LogP contribution is -2.52. The minimum Gasteiger partial charge on any atom is -0.494 e. The van der Waals surface area contributed by atoms with Crippen LogP contribution in [0.15, 0.2) is 71.6 Å². The van der Waals surface area contributed by atoms with E-state index >= 15 is 0 Å². The maximum atomic E-state index is 14.1. The second-order valence-electron chi connectivity index (χ2n) is 9.97. The van der Waals surface area contributed by atoms with Gasteiger partial charge in [-0.15, -0.1) is 0 Å². The molecule has 42 heavy (non-hydrogen) atoms. The molecule has 1 N–H and O–H groups in total. The molecule has 0 fully saturated rings. The van der Waals surface area contributed by atoms with Crippen molar-refractivity contribution in [2.45, 2.75) is 64.6 Å². The van der Waals surface area contributed by atoms with Crippen molar-refractivity contribution in [2.75, 3.05) is 17.5 Å². The Labute approximate surface area is 258 Å². The minimum absolute atomic E-state index is 0.0115. The molecular formula is C31H37Cl2N3O5S. The molecule has 0 saturated heterocycles. The molecule has 0 unspecified atom stereocenters. The Morgan fingerprint density at radius 3 is 2.07 bits per heavy atom. The van der Waals surface area contributed by atoms with Crippen LogP contribution in [-0.2, 0) is 26.2 Å². The van der Waals surface area contributed by atoms with E-state index in [4.69, 9.17) is 27.9 Å². The first kappa shape index (κ1) is 33.2. The largest absolute Gasteiger partial charge is 0.494 e. The lowest BCUT2D eigenvalue weighted by atomic mass is 10.1. The summed E-state index contributed by atoms with van der Waals surface area (Å²) in [6, 6.07) is 16.7. The van der Waals surface area contributed by atoms with Crippen LogP contribution in [-0.4, -0.2) is 50.4 Å². The van der Waals surface area contributed by atoms with Gasteiger partial charge in [0.2, 0.25) is 11.8 Å². The van der Waals surface area contributed by atoms with Crippen LogP contribution < -0.4 is 14.4 Å². The number of halogens is 2. The van der Waals surface area contributed by atoms with Crippen molar-refractivity contribution in [1.82, 2.24) is 10.2 Å². The van der Waals surface area contributed by atoms with Gasteiger partial charge < -0.3 is 15.0 Å². The van der Waals surface area contributed by atoms with Crippen molar-refractivity contribution >= 4 is 50.7 Å². The van der Waals surface area contributed by atoms with Crippen LogP contribution in [0.3, 0.4) is 0 Å². The van der Waals surface area contributed by atoms with E-state index in [1.807, 2.05) is 27.7 Å². The average molecular weight is 635 g/mol. The lowest BCUT2D eigenvalue weighted by molar-refractivity contribution is -0.139. The molecule has 2 atom stereocenters. The molecule has 0 bridgehead atoms. The summed E-state index contributed by atoms with van der Waals surface area (Å²) in [5.41, 5.74) is 1.68. The topological polar surface area (TPSA) is 96.0 Å². The van der Waals surface area contributed by atoms with Crippen LogP contribution in [0.2, 0.25) is 10.0 Å². The number of hydrogen-bond donors (Lipinski definition) is 1. The van der Waals surface area contributed by atoms with E-state index < -0.39 is 28.5 Å². The highest BCUT2D eigenvalue weighted by atomic mass is 35.5. The van der Waals surface area contributed by atoms with Gasteiger partial charge in [0.25, 0.3) is 10.0 Å². The number of aryl methyl sites for hydroxylation is 1. The second-order valence-corrected chi connectivity index (χ2v) is 12.6. The third kappa shape index (κ3) is 8.18. The number of carbonyl (C=O) groups excluding carboxylic acids is 2. The first-order chi connectivity index (χ1) is 19.9. The SMILES string of the molecule is CCOc1ccc(S(=O)(=O)N(CC(=O)N(Cc2c(Cl)cccc2Cl)[C@@H](C)C(=O)N[C@@H](C)CC)c2ccc(C)cc2)cc1. The molecule has 3 aromatic carbocycles. The Morgan fingerprint density at radius 1 is 0.929 bits per heavy atom. The standard InChI is InChI=1S/C31H37Cl2N3O5S/c1-6-22(4)34-31(38)23(5)35(19-27-28(32)9-8-10-29(27)33)30(37)20-36(24-13-11-21(3)12-14-24)42(39,40)26-17-15-25(16-18-26)41-7-2/h8-18,22-23H,6-7,19-20H2,1-5H3,(H,34,38)/t22-,23-/m0/s1. The van der Waals surface area contributed by atoms with Crippen molar-refractivity contribution in [3.63, 3.8) is 0 Å². The Morgan fingerprint density at radius 2 is 1.52 bits per heavy atom. The molecule has 2 amide bonds. The number of anilines is 1. The first-order valence-corrected chi connectivity index (χ1v) is 15.9. The highest BCUT2D eigenvalue weighted by molar-refractivity contribution is 7.92. The fraction of sp³-hybridized carbons (Fsp3) is 0.355. The first-order valence-electron chi connectivity index (χ1n) is 13.7. The number of sulfonamides is 1. The van der Waals surface area contributed by atoms with Gasteiger partial charge in [-0.05, 0) is 82.6 Å². The smallest absolute Gasteiger partial charge is 0.264 e. The van der Waals surface area contributed by atoms with Crippen molar-refractivity contribution in [3.05, 3.63) is 87.9 Å². The van der Waals surface area contributed by atoms with Gasteiger partial charge in [0.15, 0.2) is 0 Å². The molecule has 11 heteroatoms. The molecule has 0 aliphatic carbocycles. The van der Waals surface area contributed by atoms with E-state index in [0.717, 1.165) is 9.87 Å². The van der Waals surface area contributed by atoms with Crippen LogP contribution in [0.1, 0.15) is 45.2 Å². The molecule has 0 spiro atoms. The Hall–Kier alpha value is -3.27. The van der Waals surface area contributed by atoms with Crippen LogP contribution in [0.25, 0.3) is 0 Å². The predicted octanol–water partition coefficient (Wildman–Crippen LogP) is 6.23. The van der Waals surface area contributed by atoms with E-state index in [1.54, 1.807) is 61.5 Å². The predicted molar refractivity (Wildman–Crippen MR) is 168 cm³/mol. The molecule has 3 aromatic rings. The maximum absolute atomic E-state index is 14.1. The van der Waals surface area contributed by atoms with Crippen molar-refractivity contribution in [3.8, 4) is 5.75 Å². The third-order valence-electron chi connectivity index (χ3n) is 6.88. The average Bonchev–Trinajstić information content (AvgIpc) is 2.96. The number of carbonyl (C=O) groups is 2. The van der Waals surface area contributed by atoms with Gasteiger partial charge in [-0.2, -0.15) is 0 Å². The van der Waals surface area contributed by atoms with Gasteiger partial charge in [-0.25, -0.2) is 8.42 Å². The zero-order valence-electron chi connectivity index (χ0n) is 24.4. The lowest BCUT2D eigenvalue weighted by Gasteiger charge is -2.33. The molecular weight excluding hydrogens is 597 g/mol. The quantitative estimate of drug-likeness (QED) is 0.241. The van der Waals surface area contributed by atoms with Crippen molar-refractivity contribution < 1.29 is 22.7 Å². The normalized spacial score (nSPS) is 12.7. The van der Waals surface area contributed by atoms with E-state index in [0.29, 0.717) is 40.1 Å². The summed E-state index contributed by atoms with van der Waals surface area (Å²) in [6.07, 6.45) is 0.699. The summed E-state index contributed by atoms with van der Waals surface area (Å²) in [5, 5.41) is 3.55. The second kappa shape index (κ2) is 14.8. The van der Waals surface area contributed by atoms with E-state index in [1.165, 1.54) is 17.0 Å². The number of rotatable bonds is 13. The summed E-state index contributed by atoms with van der Waals surface area (Å²) in [7, 11) is -4.21. The molecule has 0 aliphatic rings. The number of nitrogens with one attached hydrogen (secondary N) is 1. The van der Waals surface area contributed by atoms with Crippen molar-refractivity contribution in [2.24, 2.45) is 0 Å². The molecule has 0 saturated carbocycles. The summed E-state index contributed by atoms with van der Waals surface area (Å²) in [5.74, 6) is -0.455. The monoisotopic (exact) mass is 633 g/mol. The maximum Gasteiger partial charge on any atom is 0.264 e. The molecule has 8 nitrogen and oxygen atoms in total. The van der Waals surface area contributed by atoms with Crippen molar-refractivity contribution in [1.29, 1.82) is 0 Å². The highest BCUT2D eigenvalue weighted by Crippen LogP contribution is 2.29. The van der Waals surface area contributed by atoms with E-state index in [9.17, 15) is 18.0 Å². The Kier molecular flexibility index (Phi) is 11.7. The van der Waals surface area contributed by atoms with Crippen LogP contribution in [0.4, 0.5) is 5.69 Å². The van der Waals surface area contributed by atoms with Gasteiger partial charge in [0.1, 0.15) is 18.3 Å². The van der Waals surface area contributed by atoms with Crippen LogP contribution in [0.5, 0.6) is 5.75 Å². The number of hydrogen-bond acceptors (Lipinski definition) is 5. The summed E-state index contributed by atoms with van der Waals surface area (Å²) >= 11 is 12.9. The number of ether oxygens (including phenoxy) is 1. The number of amides is 2. The van der Waals surface area contributed by atoms with E-state index in [2.05, 4.69) is 5.32 Å². The van der Waals surface area contributed by atoms with E-state index in [-0.39, 0.29) is 23.4 Å². The molecule has 0 radical (unpaired) electrons. The molecule has 0 heterocycles. The highest BCUT2D eigenvalue weighted by Gasteiger charge is 2.33. The van der Waals surface area contributed by atoms with Gasteiger partial charge in [0.05, 0.1) is 17.2 Å². The molecule has 3 rings (SSSR count). The fourth-order valence-electron chi connectivity index (χ4n) is 4.14. The Balaban J connectivity index is 2.05. The van der Waals surface area contributed by atoms with Gasteiger partial charge in [-0.3, -0.25) is 13.9 Å². The fourth-order valence-corrected chi connectivity index (χ4v) is 6.07. The summed E-state index contributed by atoms with van der Waals surface area (Å²) in [6.45, 7) is 8.88. The number of nitrogens with zero attached hydrogens (tertiary/aromatic N) is 2. The van der Waals surface area contributed by atoms with Crippen LogP contribution >= 0.6 is 23.2 Å². The van der Waals surface area contributed by atoms with Gasteiger partial charge in [-0.1, -0.05) is 53.9 Å². The molecule has 0 aliphatic heterocycles. The zero-order chi connectivity index (χ0) is 31.0. The van der Waals surface area contributed by atoms with Crippen LogP contribution in [0, 0.1) is 6.92 Å². The molecule has 0 aromatic heterocycles. The Bertz CT molecular complexity index is 1460.